The summed E-state index contributed by atoms with van der Waals surface area (Å²) in [6, 6.07) is 2.20. The summed E-state index contributed by atoms with van der Waals surface area (Å²) >= 11 is 0. The van der Waals surface area contributed by atoms with E-state index in [2.05, 4.69) is 38.3 Å². The first-order valence-electron chi connectivity index (χ1n) is 11.7. The molecule has 0 spiro atoms. The maximum atomic E-state index is 5.89. The highest BCUT2D eigenvalue weighted by Crippen LogP contribution is 2.04. The quantitative estimate of drug-likeness (QED) is 0.190. The van der Waals surface area contributed by atoms with Crippen LogP contribution in [0.1, 0.15) is 66.2 Å². The van der Waals surface area contributed by atoms with Gasteiger partial charge < -0.3 is 28.3 Å². The van der Waals surface area contributed by atoms with Crippen LogP contribution in [0.25, 0.3) is 0 Å². The molecule has 0 bridgehead atoms. The maximum Gasteiger partial charge on any atom is 0.321 e. The van der Waals surface area contributed by atoms with Gasteiger partial charge in [0.25, 0.3) is 0 Å². The fraction of sp³-hybridized carbons (Fsp3) is 1.00. The Labute approximate surface area is 178 Å². The van der Waals surface area contributed by atoms with Crippen molar-refractivity contribution in [3.05, 3.63) is 0 Å². The number of hydrogen-bond donors (Lipinski definition) is 2. The van der Waals surface area contributed by atoms with Gasteiger partial charge in [-0.15, -0.1) is 0 Å². The lowest BCUT2D eigenvalue weighted by atomic mass is 10.4. The lowest BCUT2D eigenvalue weighted by Gasteiger charge is -2.16. The van der Waals surface area contributed by atoms with Crippen LogP contribution in [0.2, 0.25) is 12.1 Å². The molecule has 0 unspecified atom stereocenters. The first-order valence-corrected chi connectivity index (χ1v) is 15.2. The van der Waals surface area contributed by atoms with Crippen molar-refractivity contribution in [3.63, 3.8) is 0 Å². The minimum Gasteiger partial charge on any atom is -0.397 e. The van der Waals surface area contributed by atoms with Crippen molar-refractivity contribution in [1.29, 1.82) is 0 Å². The standard InChI is InChI=1S/C20H48N2O4Si2/c1-5-15-23-27(24-16-6-2)19-9-11-21-13-14-22-12-10-20-28(25-17-7-3)26-18-8-4/h21-22,27-28H,5-20H2,1-4H3. The van der Waals surface area contributed by atoms with Crippen LogP contribution in [0, 0.1) is 0 Å². The van der Waals surface area contributed by atoms with Gasteiger partial charge in [-0.05, 0) is 63.7 Å². The van der Waals surface area contributed by atoms with E-state index < -0.39 is 18.6 Å². The molecule has 0 aromatic carbocycles. The van der Waals surface area contributed by atoms with E-state index in [1.165, 1.54) is 0 Å². The van der Waals surface area contributed by atoms with E-state index in [1.54, 1.807) is 0 Å². The first kappa shape index (κ1) is 28.2. The Hall–Kier alpha value is 0.194. The van der Waals surface area contributed by atoms with Gasteiger partial charge in [0.15, 0.2) is 0 Å². The number of hydrogen-bond acceptors (Lipinski definition) is 6. The topological polar surface area (TPSA) is 61.0 Å². The molecule has 2 N–H and O–H groups in total. The second-order valence-corrected chi connectivity index (χ2v) is 11.3. The summed E-state index contributed by atoms with van der Waals surface area (Å²) in [6.07, 6.45) is 6.56. The van der Waals surface area contributed by atoms with Gasteiger partial charge in [-0.3, -0.25) is 0 Å². The smallest absolute Gasteiger partial charge is 0.321 e. The summed E-state index contributed by atoms with van der Waals surface area (Å²) < 4.78 is 23.6. The predicted molar refractivity (Wildman–Crippen MR) is 124 cm³/mol. The zero-order valence-corrected chi connectivity index (χ0v) is 21.4. The lowest BCUT2D eigenvalue weighted by Crippen LogP contribution is -2.31. The highest BCUT2D eigenvalue weighted by molar-refractivity contribution is 6.44. The van der Waals surface area contributed by atoms with Crippen LogP contribution < -0.4 is 10.6 Å². The largest absolute Gasteiger partial charge is 0.397 e. The van der Waals surface area contributed by atoms with E-state index in [0.29, 0.717) is 0 Å². The van der Waals surface area contributed by atoms with Gasteiger partial charge >= 0.3 is 18.6 Å². The summed E-state index contributed by atoms with van der Waals surface area (Å²) in [4.78, 5) is 0. The van der Waals surface area contributed by atoms with Crippen molar-refractivity contribution in [3.8, 4) is 0 Å². The fourth-order valence-corrected chi connectivity index (χ4v) is 6.57. The van der Waals surface area contributed by atoms with Crippen LogP contribution in [-0.4, -0.2) is 71.2 Å². The molecule has 0 aliphatic carbocycles. The fourth-order valence-electron chi connectivity index (χ4n) is 2.64. The van der Waals surface area contributed by atoms with E-state index in [9.17, 15) is 0 Å². The predicted octanol–water partition coefficient (Wildman–Crippen LogP) is 3.09. The van der Waals surface area contributed by atoms with Crippen LogP contribution in [0.5, 0.6) is 0 Å². The molecule has 6 nitrogen and oxygen atoms in total. The van der Waals surface area contributed by atoms with Crippen molar-refractivity contribution in [2.24, 2.45) is 0 Å². The van der Waals surface area contributed by atoms with E-state index >= 15 is 0 Å². The van der Waals surface area contributed by atoms with Crippen molar-refractivity contribution < 1.29 is 17.7 Å². The Morgan fingerprint density at radius 1 is 0.500 bits per heavy atom. The molecule has 28 heavy (non-hydrogen) atoms. The van der Waals surface area contributed by atoms with Crippen molar-refractivity contribution in [1.82, 2.24) is 10.6 Å². The molecule has 0 aliphatic rings. The highest BCUT2D eigenvalue weighted by atomic mass is 28.3. The average molecular weight is 437 g/mol. The monoisotopic (exact) mass is 436 g/mol. The van der Waals surface area contributed by atoms with Gasteiger partial charge in [0.05, 0.1) is 0 Å². The van der Waals surface area contributed by atoms with Crippen LogP contribution >= 0.6 is 0 Å². The van der Waals surface area contributed by atoms with Crippen molar-refractivity contribution in [2.45, 2.75) is 78.3 Å². The van der Waals surface area contributed by atoms with Crippen LogP contribution in [0.3, 0.4) is 0 Å². The molecule has 0 heterocycles. The molecule has 0 radical (unpaired) electrons. The third kappa shape index (κ3) is 19.5. The summed E-state index contributed by atoms with van der Waals surface area (Å²) in [5, 5.41) is 7.03. The van der Waals surface area contributed by atoms with Gasteiger partial charge in [0.1, 0.15) is 0 Å². The van der Waals surface area contributed by atoms with E-state index in [1.807, 2.05) is 0 Å². The molecule has 170 valence electrons. The van der Waals surface area contributed by atoms with Gasteiger partial charge in [0, 0.05) is 39.5 Å². The molecule has 0 saturated carbocycles. The summed E-state index contributed by atoms with van der Waals surface area (Å²) in [7, 11) is -2.89. The van der Waals surface area contributed by atoms with Crippen molar-refractivity contribution >= 4 is 18.6 Å². The van der Waals surface area contributed by atoms with Gasteiger partial charge in [-0.1, -0.05) is 27.7 Å². The molecule has 8 heteroatoms. The molecule has 0 rings (SSSR count). The van der Waals surface area contributed by atoms with Gasteiger partial charge in [0.2, 0.25) is 0 Å². The number of rotatable bonds is 23. The Morgan fingerprint density at radius 2 is 0.821 bits per heavy atom. The Balaban J connectivity index is 3.55. The molecule has 0 amide bonds. The maximum absolute atomic E-state index is 5.89. The molecular weight excluding hydrogens is 388 g/mol. The minimum atomic E-state index is -1.45. The third-order valence-electron chi connectivity index (χ3n) is 4.10. The van der Waals surface area contributed by atoms with E-state index in [4.69, 9.17) is 17.7 Å². The highest BCUT2D eigenvalue weighted by Gasteiger charge is 2.13. The van der Waals surface area contributed by atoms with E-state index in [0.717, 1.165) is 103 Å². The lowest BCUT2D eigenvalue weighted by molar-refractivity contribution is 0.195. The zero-order valence-electron chi connectivity index (χ0n) is 19.1. The van der Waals surface area contributed by atoms with Crippen LogP contribution in [-0.2, 0) is 17.7 Å². The van der Waals surface area contributed by atoms with Crippen LogP contribution in [0.15, 0.2) is 0 Å². The molecular formula is C20H48N2O4Si2. The van der Waals surface area contributed by atoms with Crippen LogP contribution in [0.4, 0.5) is 0 Å². The SMILES string of the molecule is CCCO[SiH](CCCNCCNCCC[SiH](OCCC)OCCC)OCCC. The Kier molecular flexibility index (Phi) is 23.6. The molecule has 0 aliphatic heterocycles. The zero-order chi connectivity index (χ0) is 20.7. The average Bonchev–Trinajstić information content (AvgIpc) is 2.72. The van der Waals surface area contributed by atoms with Crippen molar-refractivity contribution in [2.75, 3.05) is 52.6 Å². The minimum absolute atomic E-state index is 0.842. The summed E-state index contributed by atoms with van der Waals surface area (Å²) in [5.74, 6) is 0. The number of nitrogens with one attached hydrogen (secondary N) is 2. The second-order valence-electron chi connectivity index (χ2n) is 7.13. The second kappa shape index (κ2) is 23.5. The van der Waals surface area contributed by atoms with Gasteiger partial charge in [-0.2, -0.15) is 0 Å². The molecule has 0 aromatic heterocycles. The van der Waals surface area contributed by atoms with Gasteiger partial charge in [-0.25, -0.2) is 0 Å². The normalized spacial score (nSPS) is 11.8. The summed E-state index contributed by atoms with van der Waals surface area (Å²) in [5.41, 5.74) is 0. The van der Waals surface area contributed by atoms with E-state index in [-0.39, 0.29) is 0 Å². The molecule has 0 saturated heterocycles. The third-order valence-corrected chi connectivity index (χ3v) is 8.29. The molecule has 0 atom stereocenters. The molecule has 0 aromatic rings. The Morgan fingerprint density at radius 3 is 1.11 bits per heavy atom. The Bertz CT molecular complexity index is 261. The molecule has 0 fully saturated rings. The first-order chi connectivity index (χ1) is 13.8. The summed E-state index contributed by atoms with van der Waals surface area (Å²) in [6.45, 7) is 16.1.